The predicted octanol–water partition coefficient (Wildman–Crippen LogP) is 11.0. The van der Waals surface area contributed by atoms with Crippen LogP contribution in [-0.2, 0) is 40.5 Å². The Morgan fingerprint density at radius 1 is 0.292 bits per heavy atom. The Morgan fingerprint density at radius 2 is 0.596 bits per heavy atom. The van der Waals surface area contributed by atoms with E-state index in [4.69, 9.17) is 9.97 Å². The van der Waals surface area contributed by atoms with E-state index < -0.39 is 60.1 Å². The summed E-state index contributed by atoms with van der Waals surface area (Å²) in [5.74, 6) is 0. The van der Waals surface area contributed by atoms with Gasteiger partial charge in [0.15, 0.2) is 0 Å². The van der Waals surface area contributed by atoms with Crippen molar-refractivity contribution in [3.63, 3.8) is 0 Å². The van der Waals surface area contributed by atoms with Crippen molar-refractivity contribution in [2.45, 2.75) is 19.6 Å². The Hall–Kier alpha value is -9.48. The standard InChI is InChI=1S/C44H30N4O12S4.C20H14N4.Sn/c49-61(50,51)34-13-1-25(2-14-34)38-23-33-22-31-10-9-29(45-31)21-30-11-12-32(46-30)24-39-40(26-3-15-35(16-4-26)62(52,53)54)41(27-5-17-36(18-6-27)63(55,56)57)44(48-39)42(43(38)47-33)28-7-19-37(20-8-28)64(58,59)60;1-2-14-10-16-5-6-18(23-16)12-20-8-7-19(24-20)11-17-4-3-15(22-17)9-13(1)21-14;/h1-24,45,48H,(H,49,50,51)(H,52,53,54)(H,55,56,57)(H,58,59,60);1-12,21-22H;/q;;+4/p-4. The van der Waals surface area contributed by atoms with E-state index in [1.54, 1.807) is 36.4 Å². The van der Waals surface area contributed by atoms with Crippen LogP contribution in [0.25, 0.3) is 126 Å². The summed E-state index contributed by atoms with van der Waals surface area (Å²) < 4.78 is 145. The van der Waals surface area contributed by atoms with Crippen LogP contribution in [0, 0.1) is 0 Å². The Labute approximate surface area is 524 Å². The molecule has 10 aromatic rings. The monoisotopic (exact) mass is 1360 g/mol. The zero-order valence-corrected chi connectivity index (χ0v) is 51.7. The summed E-state index contributed by atoms with van der Waals surface area (Å²) in [6.07, 6.45) is 13.3. The van der Waals surface area contributed by atoms with Crippen molar-refractivity contribution in [1.82, 2.24) is 39.9 Å². The molecule has 0 spiro atoms. The van der Waals surface area contributed by atoms with Gasteiger partial charge in [-0.15, -0.1) is 0 Å². The first-order valence-electron chi connectivity index (χ1n) is 26.5. The maximum atomic E-state index is 12.2. The molecule has 0 atom stereocenters. The van der Waals surface area contributed by atoms with Crippen molar-refractivity contribution in [1.29, 1.82) is 0 Å². The van der Waals surface area contributed by atoms with E-state index in [1.807, 2.05) is 54.6 Å². The number of H-pyrrole nitrogens is 4. The van der Waals surface area contributed by atoms with Crippen molar-refractivity contribution >= 4 is 157 Å². The van der Waals surface area contributed by atoms with E-state index in [9.17, 15) is 51.9 Å². The molecule has 4 aromatic carbocycles. The molecule has 10 heterocycles. The van der Waals surface area contributed by atoms with Gasteiger partial charge in [-0.3, -0.25) is 0 Å². The summed E-state index contributed by atoms with van der Waals surface area (Å²) in [6, 6.07) is 45.3. The summed E-state index contributed by atoms with van der Waals surface area (Å²) in [4.78, 5) is 30.5. The van der Waals surface area contributed by atoms with E-state index in [1.165, 1.54) is 48.5 Å². The zero-order chi connectivity index (χ0) is 61.3. The fourth-order valence-corrected chi connectivity index (χ4v) is 12.3. The van der Waals surface area contributed by atoms with Crippen LogP contribution in [0.2, 0.25) is 0 Å². The minimum atomic E-state index is -4.93. The van der Waals surface area contributed by atoms with Gasteiger partial charge in [0.05, 0.1) is 70.7 Å². The van der Waals surface area contributed by atoms with Crippen LogP contribution in [0.3, 0.4) is 0 Å². The molecule has 0 unspecified atom stereocenters. The van der Waals surface area contributed by atoms with Crippen molar-refractivity contribution in [2.75, 3.05) is 0 Å². The molecular formula is C64H40N8O12S4Sn. The van der Waals surface area contributed by atoms with E-state index in [-0.39, 0.29) is 46.2 Å². The van der Waals surface area contributed by atoms with Crippen LogP contribution in [0.15, 0.2) is 196 Å². The van der Waals surface area contributed by atoms with E-state index >= 15 is 0 Å². The summed E-state index contributed by atoms with van der Waals surface area (Å²) >= 11 is 0. The molecule has 14 rings (SSSR count). The van der Waals surface area contributed by atoms with Gasteiger partial charge in [0.25, 0.3) is 0 Å². The third-order valence-corrected chi connectivity index (χ3v) is 17.8. The second-order valence-corrected chi connectivity index (χ2v) is 25.9. The van der Waals surface area contributed by atoms with Gasteiger partial charge >= 0.3 is 23.9 Å². The van der Waals surface area contributed by atoms with Crippen molar-refractivity contribution in [3.05, 3.63) is 227 Å². The maximum Gasteiger partial charge on any atom is 4.00 e. The minimum absolute atomic E-state index is 0. The van der Waals surface area contributed by atoms with Crippen LogP contribution < -0.4 is 0 Å². The number of nitrogens with one attached hydrogen (secondary N) is 4. The molecule has 0 saturated carbocycles. The average Bonchev–Trinajstić information content (AvgIpc) is 1.70. The van der Waals surface area contributed by atoms with Crippen molar-refractivity contribution < 1.29 is 51.9 Å². The molecule has 436 valence electrons. The topological polar surface area (TPSA) is 344 Å². The SMILES string of the molecule is C1=Cc2cc3ccc(cc4ccc(cc5nc(cc1n2)C=C5)[nH]4)[nH]3.O=S(=O)([O-])c1ccc(C2=Cc3cc4ccc(cc5nc(cc6[nH]c(c(-c7ccc(S(=O)(=O)[O-])cc7)c2n3)c(-c2ccc(S(=O)(=O)[O-])cc2)c6-c2ccc(S(=O)(=O)[O-])cc2)C=C5)[nH]4)cc1.[Sn+4]. The smallest absolute Gasteiger partial charge is 0.744 e. The molecule has 4 N–H and O–H groups in total. The van der Waals surface area contributed by atoms with E-state index in [0.29, 0.717) is 67.0 Å². The number of fused-ring (bicyclic) bond motifs is 16. The minimum Gasteiger partial charge on any atom is -0.744 e. The van der Waals surface area contributed by atoms with E-state index in [0.717, 1.165) is 93.4 Å². The largest absolute Gasteiger partial charge is 4.00 e. The first-order valence-corrected chi connectivity index (χ1v) is 32.1. The van der Waals surface area contributed by atoms with Crippen LogP contribution in [0.1, 0.15) is 51.1 Å². The van der Waals surface area contributed by atoms with Gasteiger partial charge in [-0.05, 0) is 192 Å². The summed E-state index contributed by atoms with van der Waals surface area (Å²) in [6.45, 7) is 0. The number of hydrogen-bond acceptors (Lipinski definition) is 16. The molecule has 20 nitrogen and oxygen atoms in total. The second-order valence-electron chi connectivity index (χ2n) is 20.4. The number of rotatable bonds is 8. The third-order valence-electron chi connectivity index (χ3n) is 14.4. The van der Waals surface area contributed by atoms with Gasteiger partial charge in [-0.25, -0.2) is 53.6 Å². The second kappa shape index (κ2) is 23.2. The Kier molecular flexibility index (Phi) is 15.6. The summed E-state index contributed by atoms with van der Waals surface area (Å²) in [7, 11) is -19.6. The summed E-state index contributed by atoms with van der Waals surface area (Å²) in [5.41, 5.74) is 13.9. The number of aromatic amines is 4. The molecule has 0 saturated heterocycles. The predicted molar refractivity (Wildman–Crippen MR) is 336 cm³/mol. The van der Waals surface area contributed by atoms with Gasteiger partial charge in [0, 0.05) is 60.9 Å². The van der Waals surface area contributed by atoms with Gasteiger partial charge in [0.2, 0.25) is 0 Å². The van der Waals surface area contributed by atoms with Crippen LogP contribution >= 0.6 is 0 Å². The maximum absolute atomic E-state index is 12.2. The molecule has 4 aliphatic heterocycles. The van der Waals surface area contributed by atoms with Gasteiger partial charge < -0.3 is 38.1 Å². The first kappa shape index (κ1) is 59.8. The van der Waals surface area contributed by atoms with Gasteiger partial charge in [-0.1, -0.05) is 48.5 Å². The number of aromatic nitrogens is 8. The Bertz CT molecular complexity index is 5460. The molecule has 16 bridgehead atoms. The summed E-state index contributed by atoms with van der Waals surface area (Å²) in [5, 5.41) is 0. The van der Waals surface area contributed by atoms with Gasteiger partial charge in [0.1, 0.15) is 40.5 Å². The average molecular weight is 1360 g/mol. The molecule has 0 amide bonds. The number of nitrogens with zero attached hydrogens (tertiary/aromatic N) is 4. The normalized spacial score (nSPS) is 12.9. The molecule has 4 aliphatic rings. The molecular weight excluding hydrogens is 1320 g/mol. The Morgan fingerprint density at radius 3 is 0.966 bits per heavy atom. The fraction of sp³-hybridized carbons (Fsp3) is 0. The van der Waals surface area contributed by atoms with Crippen LogP contribution in [-0.4, -0.2) is 116 Å². The third kappa shape index (κ3) is 12.9. The fourth-order valence-electron chi connectivity index (χ4n) is 10.5. The van der Waals surface area contributed by atoms with Crippen LogP contribution in [0.5, 0.6) is 0 Å². The van der Waals surface area contributed by atoms with Gasteiger partial charge in [-0.2, -0.15) is 0 Å². The molecule has 25 heteroatoms. The van der Waals surface area contributed by atoms with Crippen molar-refractivity contribution in [3.8, 4) is 33.4 Å². The number of hydrogen-bond donors (Lipinski definition) is 4. The van der Waals surface area contributed by atoms with Crippen LogP contribution in [0.4, 0.5) is 0 Å². The van der Waals surface area contributed by atoms with E-state index in [2.05, 4.69) is 60.2 Å². The quantitative estimate of drug-likeness (QED) is 0.0811. The molecule has 0 aliphatic carbocycles. The zero-order valence-electron chi connectivity index (χ0n) is 45.6. The molecule has 89 heavy (non-hydrogen) atoms. The first-order chi connectivity index (χ1) is 42.0. The number of benzene rings is 4. The molecule has 0 fully saturated rings. The molecule has 6 aromatic heterocycles. The van der Waals surface area contributed by atoms with Crippen molar-refractivity contribution in [2.24, 2.45) is 0 Å². The Balaban J connectivity index is 0.000000255. The molecule has 0 radical (unpaired) electrons.